The van der Waals surface area contributed by atoms with Gasteiger partial charge in [0.05, 0.1) is 17.8 Å². The number of hydrogen-bond acceptors (Lipinski definition) is 3. The average Bonchev–Trinajstić information content (AvgIpc) is 3.12. The molecule has 4 heterocycles. The standard InChI is InChI=1S/C20H20IN5S/c1-12-16(17(21)13(2)24-12)19-18(15-7-3-4-9-23-15)25-20(27)26(19)11-14-6-5-8-22-10-14/h3-10,18-19,24H,11H2,1-2H3,(H,25,27)/t18-,19-/m1/s1. The number of halogens is 1. The van der Waals surface area contributed by atoms with Gasteiger partial charge >= 0.3 is 0 Å². The lowest BCUT2D eigenvalue weighted by molar-refractivity contribution is 0.309. The molecule has 1 aliphatic heterocycles. The summed E-state index contributed by atoms with van der Waals surface area (Å²) in [5.74, 6) is 0. The molecule has 7 heteroatoms. The van der Waals surface area contributed by atoms with E-state index in [1.165, 1.54) is 20.5 Å². The normalized spacial score (nSPS) is 19.4. The first-order valence-corrected chi connectivity index (χ1v) is 10.3. The first kappa shape index (κ1) is 18.4. The Morgan fingerprint density at radius 3 is 2.63 bits per heavy atom. The van der Waals surface area contributed by atoms with Gasteiger partial charge in [-0.1, -0.05) is 12.1 Å². The molecule has 4 rings (SSSR count). The maximum atomic E-state index is 5.74. The molecule has 0 spiro atoms. The minimum absolute atomic E-state index is 0.00205. The van der Waals surface area contributed by atoms with Gasteiger partial charge in [0, 0.05) is 45.7 Å². The zero-order chi connectivity index (χ0) is 19.0. The monoisotopic (exact) mass is 489 g/mol. The fourth-order valence-corrected chi connectivity index (χ4v) is 4.86. The number of pyridine rings is 2. The van der Waals surface area contributed by atoms with Crippen LogP contribution in [-0.4, -0.2) is 25.0 Å². The molecule has 0 aromatic carbocycles. The zero-order valence-electron chi connectivity index (χ0n) is 15.1. The fraction of sp³-hybridized carbons (Fsp3) is 0.250. The Hall–Kier alpha value is -2.00. The molecule has 1 aliphatic rings. The van der Waals surface area contributed by atoms with Gasteiger partial charge < -0.3 is 15.2 Å². The summed E-state index contributed by atoms with van der Waals surface area (Å²) in [4.78, 5) is 14.6. The molecule has 27 heavy (non-hydrogen) atoms. The van der Waals surface area contributed by atoms with E-state index in [0.29, 0.717) is 6.54 Å². The summed E-state index contributed by atoms with van der Waals surface area (Å²) in [6.45, 7) is 4.94. The fourth-order valence-electron chi connectivity index (χ4n) is 3.70. The van der Waals surface area contributed by atoms with Crippen LogP contribution in [0, 0.1) is 17.4 Å². The lowest BCUT2D eigenvalue weighted by Gasteiger charge is -2.28. The van der Waals surface area contributed by atoms with E-state index in [2.05, 4.69) is 73.7 Å². The van der Waals surface area contributed by atoms with E-state index in [4.69, 9.17) is 12.2 Å². The van der Waals surface area contributed by atoms with E-state index < -0.39 is 0 Å². The van der Waals surface area contributed by atoms with E-state index in [0.717, 1.165) is 16.4 Å². The third-order valence-electron chi connectivity index (χ3n) is 4.91. The highest BCUT2D eigenvalue weighted by molar-refractivity contribution is 14.1. The van der Waals surface area contributed by atoms with Gasteiger partial charge in [0.2, 0.25) is 0 Å². The van der Waals surface area contributed by atoms with Gasteiger partial charge in [0.1, 0.15) is 0 Å². The molecule has 0 unspecified atom stereocenters. The molecule has 0 bridgehead atoms. The van der Waals surface area contributed by atoms with Crippen molar-refractivity contribution in [1.82, 2.24) is 25.2 Å². The lowest BCUT2D eigenvalue weighted by atomic mass is 9.96. The Labute approximate surface area is 177 Å². The summed E-state index contributed by atoms with van der Waals surface area (Å²) < 4.78 is 1.25. The van der Waals surface area contributed by atoms with Crippen LogP contribution in [0.5, 0.6) is 0 Å². The number of hydrogen-bond donors (Lipinski definition) is 2. The zero-order valence-corrected chi connectivity index (χ0v) is 18.1. The lowest BCUT2D eigenvalue weighted by Crippen LogP contribution is -2.29. The van der Waals surface area contributed by atoms with Crippen LogP contribution in [0.3, 0.4) is 0 Å². The molecule has 138 valence electrons. The molecule has 0 amide bonds. The first-order chi connectivity index (χ1) is 13.1. The number of aryl methyl sites for hydroxylation is 2. The van der Waals surface area contributed by atoms with E-state index in [1.54, 1.807) is 6.20 Å². The SMILES string of the molecule is Cc1[nH]c(C)c([C@@H]2[C@@H](c3ccccn3)NC(=S)N2Cc2cccnc2)c1I. The van der Waals surface area contributed by atoms with Crippen LogP contribution in [0.4, 0.5) is 0 Å². The Kier molecular flexibility index (Phi) is 5.14. The number of aromatic nitrogens is 3. The smallest absolute Gasteiger partial charge is 0.170 e. The third kappa shape index (κ3) is 3.45. The molecule has 0 saturated carbocycles. The van der Waals surface area contributed by atoms with Gasteiger partial charge in [0.25, 0.3) is 0 Å². The van der Waals surface area contributed by atoms with Crippen molar-refractivity contribution in [3.63, 3.8) is 0 Å². The predicted octanol–water partition coefficient (Wildman–Crippen LogP) is 4.20. The van der Waals surface area contributed by atoms with E-state index in [-0.39, 0.29) is 12.1 Å². The largest absolute Gasteiger partial charge is 0.362 e. The summed E-state index contributed by atoms with van der Waals surface area (Å²) in [5, 5.41) is 4.25. The Morgan fingerprint density at radius 1 is 1.15 bits per heavy atom. The van der Waals surface area contributed by atoms with Crippen LogP contribution in [0.25, 0.3) is 0 Å². The number of nitrogens with one attached hydrogen (secondary N) is 2. The number of nitrogens with zero attached hydrogens (tertiary/aromatic N) is 3. The van der Waals surface area contributed by atoms with Crippen LogP contribution in [-0.2, 0) is 6.54 Å². The van der Waals surface area contributed by atoms with Gasteiger partial charge in [-0.2, -0.15) is 0 Å². The number of rotatable bonds is 4. The van der Waals surface area contributed by atoms with Crippen molar-refractivity contribution in [3.8, 4) is 0 Å². The van der Waals surface area contributed by atoms with Crippen molar-refractivity contribution in [2.75, 3.05) is 0 Å². The summed E-state index contributed by atoms with van der Waals surface area (Å²) in [6, 6.07) is 10.1. The Morgan fingerprint density at radius 2 is 2.00 bits per heavy atom. The molecule has 1 fully saturated rings. The van der Waals surface area contributed by atoms with Crippen LogP contribution in [0.2, 0.25) is 0 Å². The second kappa shape index (κ2) is 7.55. The Balaban J connectivity index is 1.80. The van der Waals surface area contributed by atoms with Crippen molar-refractivity contribution in [2.24, 2.45) is 0 Å². The minimum atomic E-state index is -0.00205. The second-order valence-electron chi connectivity index (χ2n) is 6.72. The molecule has 5 nitrogen and oxygen atoms in total. The average molecular weight is 489 g/mol. The van der Waals surface area contributed by atoms with Crippen molar-refractivity contribution in [2.45, 2.75) is 32.5 Å². The van der Waals surface area contributed by atoms with Crippen molar-refractivity contribution < 1.29 is 0 Å². The van der Waals surface area contributed by atoms with Crippen molar-refractivity contribution in [1.29, 1.82) is 0 Å². The highest BCUT2D eigenvalue weighted by Crippen LogP contribution is 2.43. The maximum Gasteiger partial charge on any atom is 0.170 e. The van der Waals surface area contributed by atoms with Gasteiger partial charge in [-0.15, -0.1) is 0 Å². The first-order valence-electron chi connectivity index (χ1n) is 8.77. The third-order valence-corrected chi connectivity index (χ3v) is 6.66. The number of H-pyrrole nitrogens is 1. The molecular weight excluding hydrogens is 469 g/mol. The highest BCUT2D eigenvalue weighted by atomic mass is 127. The quantitative estimate of drug-likeness (QED) is 0.425. The molecule has 0 aliphatic carbocycles. The van der Waals surface area contributed by atoms with E-state index >= 15 is 0 Å². The molecule has 2 N–H and O–H groups in total. The van der Waals surface area contributed by atoms with Crippen LogP contribution < -0.4 is 5.32 Å². The van der Waals surface area contributed by atoms with Crippen molar-refractivity contribution >= 4 is 39.9 Å². The summed E-state index contributed by atoms with van der Waals surface area (Å²) in [7, 11) is 0. The van der Waals surface area contributed by atoms with Crippen LogP contribution in [0.1, 0.15) is 40.3 Å². The molecule has 0 radical (unpaired) electrons. The van der Waals surface area contributed by atoms with Gasteiger partial charge in [-0.05, 0) is 72.4 Å². The molecule has 2 atom stereocenters. The van der Waals surface area contributed by atoms with E-state index in [1.807, 2.05) is 30.6 Å². The summed E-state index contributed by atoms with van der Waals surface area (Å²) in [5.41, 5.74) is 5.76. The molecule has 3 aromatic rings. The van der Waals surface area contributed by atoms with Crippen LogP contribution in [0.15, 0.2) is 48.9 Å². The van der Waals surface area contributed by atoms with Crippen molar-refractivity contribution in [3.05, 3.63) is 80.7 Å². The van der Waals surface area contributed by atoms with Gasteiger partial charge in [0.15, 0.2) is 5.11 Å². The minimum Gasteiger partial charge on any atom is -0.362 e. The van der Waals surface area contributed by atoms with Gasteiger partial charge in [-0.25, -0.2) is 0 Å². The molecule has 3 aromatic heterocycles. The molecular formula is C20H20IN5S. The molecule has 1 saturated heterocycles. The Bertz CT molecular complexity index is 957. The topological polar surface area (TPSA) is 56.8 Å². The second-order valence-corrected chi connectivity index (χ2v) is 8.18. The predicted molar refractivity (Wildman–Crippen MR) is 118 cm³/mol. The highest BCUT2D eigenvalue weighted by Gasteiger charge is 2.42. The van der Waals surface area contributed by atoms with E-state index in [9.17, 15) is 0 Å². The van der Waals surface area contributed by atoms with Gasteiger partial charge in [-0.3, -0.25) is 9.97 Å². The summed E-state index contributed by atoms with van der Waals surface area (Å²) in [6.07, 6.45) is 5.52. The maximum absolute atomic E-state index is 5.74. The number of aromatic amines is 1. The van der Waals surface area contributed by atoms with Crippen LogP contribution >= 0.6 is 34.8 Å². The number of thiocarbonyl (C=S) groups is 1. The summed E-state index contributed by atoms with van der Waals surface area (Å²) >= 11 is 8.17.